The predicted molar refractivity (Wildman–Crippen MR) is 134 cm³/mol. The maximum atomic E-state index is 13.7. The summed E-state index contributed by atoms with van der Waals surface area (Å²) < 4.78 is 8.08. The van der Waals surface area contributed by atoms with E-state index in [2.05, 4.69) is 0 Å². The average molecular weight is 496 g/mol. The van der Waals surface area contributed by atoms with Gasteiger partial charge in [-0.15, -0.1) is 11.3 Å². The fourth-order valence-corrected chi connectivity index (χ4v) is 5.90. The number of rotatable bonds is 4. The molecule has 0 bridgehead atoms. The smallest absolute Gasteiger partial charge is 0.337 e. The van der Waals surface area contributed by atoms with E-state index in [1.54, 1.807) is 47.8 Å². The van der Waals surface area contributed by atoms with Gasteiger partial charge in [-0.2, -0.15) is 0 Å². The van der Waals surface area contributed by atoms with Crippen LogP contribution in [0.5, 0.6) is 5.75 Å². The first-order valence-corrected chi connectivity index (χ1v) is 12.0. The van der Waals surface area contributed by atoms with Crippen LogP contribution in [0.4, 0.5) is 0 Å². The molecular formula is C25H22ClN3O4S. The Kier molecular flexibility index (Phi) is 5.79. The molecule has 0 spiro atoms. The van der Waals surface area contributed by atoms with Crippen LogP contribution in [0.3, 0.4) is 0 Å². The van der Waals surface area contributed by atoms with E-state index in [1.165, 1.54) is 15.9 Å². The van der Waals surface area contributed by atoms with Gasteiger partial charge in [0, 0.05) is 23.4 Å². The van der Waals surface area contributed by atoms with Crippen molar-refractivity contribution >= 4 is 39.1 Å². The summed E-state index contributed by atoms with van der Waals surface area (Å²) in [6.45, 7) is 2.82. The minimum atomic E-state index is -0.433. The third-order valence-corrected chi connectivity index (χ3v) is 7.61. The highest BCUT2D eigenvalue weighted by molar-refractivity contribution is 7.18. The maximum absolute atomic E-state index is 13.7. The Hall–Kier alpha value is -3.36. The first-order chi connectivity index (χ1) is 16.4. The molecule has 2 aromatic carbocycles. The van der Waals surface area contributed by atoms with Crippen LogP contribution in [0.2, 0.25) is 5.02 Å². The molecule has 7 nitrogen and oxygen atoms in total. The lowest BCUT2D eigenvalue weighted by molar-refractivity contribution is -0.129. The van der Waals surface area contributed by atoms with Crippen molar-refractivity contribution in [2.24, 2.45) is 0 Å². The summed E-state index contributed by atoms with van der Waals surface area (Å²) in [4.78, 5) is 42.7. The van der Waals surface area contributed by atoms with Crippen LogP contribution < -0.4 is 16.0 Å². The summed E-state index contributed by atoms with van der Waals surface area (Å²) in [5, 5.41) is 0.978. The summed E-state index contributed by atoms with van der Waals surface area (Å²) in [5.74, 6) is 0.719. The lowest BCUT2D eigenvalue weighted by Crippen LogP contribution is -2.39. The average Bonchev–Trinajstić information content (AvgIpc) is 3.21. The molecule has 0 N–H and O–H groups in total. The van der Waals surface area contributed by atoms with Crippen LogP contribution in [-0.2, 0) is 24.3 Å². The molecule has 0 radical (unpaired) electrons. The molecule has 0 unspecified atom stereocenters. The molecule has 0 aliphatic carbocycles. The van der Waals surface area contributed by atoms with Crippen LogP contribution >= 0.6 is 22.9 Å². The lowest BCUT2D eigenvalue weighted by Gasteiger charge is -2.25. The monoisotopic (exact) mass is 495 g/mol. The molecule has 9 heteroatoms. The van der Waals surface area contributed by atoms with Gasteiger partial charge in [0.25, 0.3) is 5.56 Å². The van der Waals surface area contributed by atoms with Crippen LogP contribution in [-0.4, -0.2) is 33.6 Å². The van der Waals surface area contributed by atoms with Crippen molar-refractivity contribution in [1.82, 2.24) is 14.0 Å². The summed E-state index contributed by atoms with van der Waals surface area (Å²) in [6, 6.07) is 14.2. The number of thiophene rings is 1. The van der Waals surface area contributed by atoms with E-state index >= 15 is 0 Å². The fraction of sp³-hybridized carbons (Fsp3) is 0.240. The topological polar surface area (TPSA) is 73.5 Å². The number of ether oxygens (including phenoxy) is 1. The Morgan fingerprint density at radius 1 is 1.15 bits per heavy atom. The van der Waals surface area contributed by atoms with Crippen molar-refractivity contribution in [3.8, 4) is 11.4 Å². The molecule has 1 amide bonds. The zero-order chi connectivity index (χ0) is 24.0. The van der Waals surface area contributed by atoms with Gasteiger partial charge in [0.2, 0.25) is 5.91 Å². The Labute approximate surface area is 204 Å². The van der Waals surface area contributed by atoms with Crippen molar-refractivity contribution in [2.45, 2.75) is 26.4 Å². The van der Waals surface area contributed by atoms with Gasteiger partial charge in [-0.25, -0.2) is 9.36 Å². The van der Waals surface area contributed by atoms with Gasteiger partial charge >= 0.3 is 5.69 Å². The number of fused-ring (bicyclic) bond motifs is 3. The molecule has 2 aromatic heterocycles. The fourth-order valence-electron chi connectivity index (χ4n) is 4.37. The van der Waals surface area contributed by atoms with E-state index in [4.69, 9.17) is 16.3 Å². The van der Waals surface area contributed by atoms with E-state index in [-0.39, 0.29) is 18.0 Å². The highest BCUT2D eigenvalue weighted by Gasteiger charge is 2.27. The van der Waals surface area contributed by atoms with Crippen molar-refractivity contribution < 1.29 is 9.53 Å². The molecule has 0 saturated carbocycles. The first kappa shape index (κ1) is 22.4. The number of halogens is 1. The molecule has 3 heterocycles. The highest BCUT2D eigenvalue weighted by Crippen LogP contribution is 2.33. The van der Waals surface area contributed by atoms with E-state index in [0.29, 0.717) is 40.4 Å². The number of nitrogens with zero attached hydrogens (tertiary/aromatic N) is 3. The number of carbonyl (C=O) groups excluding carboxylic acids is 1. The largest absolute Gasteiger partial charge is 0.497 e. The summed E-state index contributed by atoms with van der Waals surface area (Å²) in [5.41, 5.74) is 1.45. The number of hydrogen-bond acceptors (Lipinski definition) is 5. The number of hydrogen-bond donors (Lipinski definition) is 0. The third kappa shape index (κ3) is 3.82. The number of aromatic nitrogens is 2. The zero-order valence-corrected chi connectivity index (χ0v) is 20.3. The van der Waals surface area contributed by atoms with Crippen LogP contribution in [0.15, 0.2) is 58.1 Å². The van der Waals surface area contributed by atoms with Gasteiger partial charge in [0.1, 0.15) is 10.6 Å². The second-order valence-electron chi connectivity index (χ2n) is 8.21. The summed E-state index contributed by atoms with van der Waals surface area (Å²) in [6.07, 6.45) is 0.570. The second kappa shape index (κ2) is 8.77. The predicted octanol–water partition coefficient (Wildman–Crippen LogP) is 3.83. The van der Waals surface area contributed by atoms with Gasteiger partial charge in [-0.3, -0.25) is 14.2 Å². The number of methoxy groups -OCH3 is 1. The van der Waals surface area contributed by atoms with Gasteiger partial charge < -0.3 is 9.64 Å². The van der Waals surface area contributed by atoms with Crippen molar-refractivity contribution in [3.05, 3.63) is 90.4 Å². The summed E-state index contributed by atoms with van der Waals surface area (Å²) >= 11 is 7.60. The van der Waals surface area contributed by atoms with Crippen LogP contribution in [0.25, 0.3) is 15.9 Å². The molecule has 4 aromatic rings. The number of carbonyl (C=O) groups is 1. The molecular weight excluding hydrogens is 474 g/mol. The molecule has 1 aliphatic rings. The molecule has 5 rings (SSSR count). The first-order valence-electron chi connectivity index (χ1n) is 10.8. The molecule has 0 saturated heterocycles. The molecule has 1 aliphatic heterocycles. The SMILES string of the molecule is COc1ccc(Cn2c(=O)n(-c3cccc(Cl)c3)c(=O)c3c4c(sc32)CN(C(C)=O)CC4)cc1. The minimum absolute atomic E-state index is 0.00457. The Balaban J connectivity index is 1.77. The van der Waals surface area contributed by atoms with Crippen molar-refractivity contribution in [2.75, 3.05) is 13.7 Å². The van der Waals surface area contributed by atoms with E-state index < -0.39 is 5.69 Å². The van der Waals surface area contributed by atoms with E-state index in [1.807, 2.05) is 24.3 Å². The normalized spacial score (nSPS) is 13.2. The van der Waals surface area contributed by atoms with Gasteiger partial charge in [0.05, 0.1) is 31.3 Å². The molecule has 0 atom stereocenters. The summed E-state index contributed by atoms with van der Waals surface area (Å²) in [7, 11) is 1.60. The maximum Gasteiger partial charge on any atom is 0.337 e. The molecule has 174 valence electrons. The second-order valence-corrected chi connectivity index (χ2v) is 9.73. The van der Waals surface area contributed by atoms with Crippen LogP contribution in [0.1, 0.15) is 22.9 Å². The quantitative estimate of drug-likeness (QED) is 0.431. The third-order valence-electron chi connectivity index (χ3n) is 6.13. The van der Waals surface area contributed by atoms with Gasteiger partial charge in [-0.05, 0) is 47.9 Å². The Bertz CT molecular complexity index is 1540. The van der Waals surface area contributed by atoms with E-state index in [0.717, 1.165) is 21.8 Å². The van der Waals surface area contributed by atoms with Crippen molar-refractivity contribution in [3.63, 3.8) is 0 Å². The minimum Gasteiger partial charge on any atom is -0.497 e. The van der Waals surface area contributed by atoms with Gasteiger partial charge in [0.15, 0.2) is 0 Å². The standard InChI is InChI=1S/C25H22ClN3O4S/c1-15(30)27-11-10-20-21(14-27)34-24-22(20)23(31)29(18-5-3-4-17(26)12-18)25(32)28(24)13-16-6-8-19(33-2)9-7-16/h3-9,12H,10-11,13-14H2,1-2H3. The number of amides is 1. The zero-order valence-electron chi connectivity index (χ0n) is 18.7. The lowest BCUT2D eigenvalue weighted by atomic mass is 10.1. The molecule has 34 heavy (non-hydrogen) atoms. The van der Waals surface area contributed by atoms with Crippen molar-refractivity contribution in [1.29, 1.82) is 0 Å². The number of benzene rings is 2. The van der Waals surface area contributed by atoms with Gasteiger partial charge in [-0.1, -0.05) is 29.8 Å². The highest BCUT2D eigenvalue weighted by atomic mass is 35.5. The van der Waals surface area contributed by atoms with E-state index in [9.17, 15) is 14.4 Å². The Morgan fingerprint density at radius 2 is 1.91 bits per heavy atom. The van der Waals surface area contributed by atoms with Crippen LogP contribution in [0, 0.1) is 0 Å². The molecule has 0 fully saturated rings. The Morgan fingerprint density at radius 3 is 2.59 bits per heavy atom.